The number of hydrogen-bond donors (Lipinski definition) is 2. The van der Waals surface area contributed by atoms with Crippen molar-refractivity contribution in [1.82, 2.24) is 4.90 Å². The Labute approximate surface area is 152 Å². The molecule has 0 unspecified atom stereocenters. The van der Waals surface area contributed by atoms with Gasteiger partial charge in [-0.25, -0.2) is 4.79 Å². The Morgan fingerprint density at radius 3 is 1.85 bits per heavy atom. The summed E-state index contributed by atoms with van der Waals surface area (Å²) in [5.74, 6) is 2.88. The predicted molar refractivity (Wildman–Crippen MR) is 93.6 cm³/mol. The van der Waals surface area contributed by atoms with Gasteiger partial charge in [0, 0.05) is 19.6 Å². The molecule has 5 nitrogen and oxygen atoms in total. The van der Waals surface area contributed by atoms with Gasteiger partial charge in [-0.2, -0.15) is 13.2 Å². The monoisotopic (exact) mass is 377 g/mol. The zero-order valence-corrected chi connectivity index (χ0v) is 15.5. The van der Waals surface area contributed by atoms with Crippen LogP contribution in [0.2, 0.25) is 0 Å². The molecule has 4 bridgehead atoms. The van der Waals surface area contributed by atoms with Crippen molar-refractivity contribution in [2.45, 2.75) is 52.1 Å². The van der Waals surface area contributed by atoms with Gasteiger partial charge >= 0.3 is 12.1 Å². The van der Waals surface area contributed by atoms with E-state index in [4.69, 9.17) is 20.6 Å². The fraction of sp³-hybridized carbons (Fsp3) is 0.889. The number of guanidine groups is 1. The van der Waals surface area contributed by atoms with Crippen LogP contribution in [0.4, 0.5) is 13.2 Å². The molecule has 4 saturated carbocycles. The second kappa shape index (κ2) is 8.48. The maximum atomic E-state index is 10.6. The van der Waals surface area contributed by atoms with Gasteiger partial charge in [0.1, 0.15) is 0 Å². The van der Waals surface area contributed by atoms with E-state index in [0.29, 0.717) is 0 Å². The van der Waals surface area contributed by atoms with Crippen LogP contribution in [0, 0.1) is 29.6 Å². The Bertz CT molecular complexity index is 490. The third kappa shape index (κ3) is 5.04. The molecule has 3 N–H and O–H groups in total. The first-order valence-corrected chi connectivity index (χ1v) is 9.50. The maximum Gasteiger partial charge on any atom is 0.490 e. The quantitative estimate of drug-likeness (QED) is 0.582. The van der Waals surface area contributed by atoms with Crippen molar-refractivity contribution in [2.24, 2.45) is 40.3 Å². The number of rotatable bonds is 4. The molecule has 0 saturated heterocycles. The van der Waals surface area contributed by atoms with Crippen LogP contribution in [-0.2, 0) is 4.79 Å². The van der Waals surface area contributed by atoms with Gasteiger partial charge in [-0.3, -0.25) is 4.99 Å². The van der Waals surface area contributed by atoms with Gasteiger partial charge in [0.05, 0.1) is 0 Å². The molecule has 4 aliphatic carbocycles. The van der Waals surface area contributed by atoms with Crippen LogP contribution in [-0.4, -0.2) is 47.7 Å². The van der Waals surface area contributed by atoms with Crippen LogP contribution >= 0.6 is 0 Å². The van der Waals surface area contributed by atoms with E-state index in [-0.39, 0.29) is 0 Å². The third-order valence-electron chi connectivity index (χ3n) is 6.22. The molecule has 4 fully saturated rings. The van der Waals surface area contributed by atoms with E-state index in [0.717, 1.165) is 55.2 Å². The molecule has 0 atom stereocenters. The van der Waals surface area contributed by atoms with Crippen molar-refractivity contribution >= 4 is 11.9 Å². The van der Waals surface area contributed by atoms with Gasteiger partial charge in [0.25, 0.3) is 0 Å². The topological polar surface area (TPSA) is 78.9 Å². The lowest BCUT2D eigenvalue weighted by molar-refractivity contribution is -0.192. The summed E-state index contributed by atoms with van der Waals surface area (Å²) >= 11 is 0. The third-order valence-corrected chi connectivity index (χ3v) is 6.22. The number of alkyl halides is 3. The fourth-order valence-corrected chi connectivity index (χ4v) is 5.18. The number of nitrogens with zero attached hydrogens (tertiary/aromatic N) is 2. The highest BCUT2D eigenvalue weighted by Crippen LogP contribution is 2.56. The minimum Gasteiger partial charge on any atom is -0.475 e. The number of carbonyl (C=O) groups is 1. The number of halogens is 3. The molecule has 0 radical (unpaired) electrons. The summed E-state index contributed by atoms with van der Waals surface area (Å²) < 4.78 is 31.7. The molecule has 0 heterocycles. The number of nitrogens with two attached hydrogens (primary N) is 1. The van der Waals surface area contributed by atoms with Gasteiger partial charge in [0.15, 0.2) is 5.96 Å². The second-order valence-electron chi connectivity index (χ2n) is 7.77. The zero-order chi connectivity index (χ0) is 19.5. The minimum absolute atomic E-state index is 0.763. The highest BCUT2D eigenvalue weighted by Gasteiger charge is 2.47. The SMILES string of the molecule is CCN(CC)C(N)=NCC1C2CC3CC(C2)CC1C3.O=C(O)C(F)(F)F. The second-order valence-corrected chi connectivity index (χ2v) is 7.77. The molecule has 0 aromatic carbocycles. The van der Waals surface area contributed by atoms with E-state index in [1.807, 2.05) is 0 Å². The number of aliphatic imine (C=N–C) groups is 1. The average Bonchev–Trinajstić information content (AvgIpc) is 2.54. The standard InChI is InChI=1S/C16H29N3.C2HF3O2/c1-3-19(4-2)16(17)18-10-15-13-6-11-5-12(8-13)9-14(15)7-11;3-2(4,5)1(6)7/h11-15H,3-10H2,1-2H3,(H2,17,18);(H,6,7). The number of aliphatic carboxylic acids is 1. The first-order chi connectivity index (χ1) is 12.2. The summed E-state index contributed by atoms with van der Waals surface area (Å²) in [6.07, 6.45) is 2.39. The molecule has 26 heavy (non-hydrogen) atoms. The molecular formula is C18H30F3N3O2. The Morgan fingerprint density at radius 2 is 1.50 bits per heavy atom. The molecule has 150 valence electrons. The van der Waals surface area contributed by atoms with E-state index >= 15 is 0 Å². The van der Waals surface area contributed by atoms with Gasteiger partial charge in [-0.05, 0) is 75.5 Å². The molecule has 0 spiro atoms. The largest absolute Gasteiger partial charge is 0.490 e. The van der Waals surface area contributed by atoms with E-state index in [1.54, 1.807) is 0 Å². The van der Waals surface area contributed by atoms with E-state index in [1.165, 1.54) is 32.1 Å². The summed E-state index contributed by atoms with van der Waals surface area (Å²) in [6.45, 7) is 7.21. The maximum absolute atomic E-state index is 10.6. The molecule has 8 heteroatoms. The average molecular weight is 377 g/mol. The van der Waals surface area contributed by atoms with Crippen LogP contribution in [0.25, 0.3) is 0 Å². The fourth-order valence-electron chi connectivity index (χ4n) is 5.18. The van der Waals surface area contributed by atoms with E-state index in [2.05, 4.69) is 18.7 Å². The number of carboxylic acids is 1. The summed E-state index contributed by atoms with van der Waals surface area (Å²) in [4.78, 5) is 15.8. The smallest absolute Gasteiger partial charge is 0.475 e. The summed E-state index contributed by atoms with van der Waals surface area (Å²) in [5, 5.41) is 7.12. The van der Waals surface area contributed by atoms with Crippen LogP contribution < -0.4 is 5.73 Å². The van der Waals surface area contributed by atoms with Crippen molar-refractivity contribution in [2.75, 3.05) is 19.6 Å². The van der Waals surface area contributed by atoms with Crippen LogP contribution in [0.5, 0.6) is 0 Å². The Kier molecular flexibility index (Phi) is 6.80. The number of carboxylic acid groups (broad SMARTS) is 1. The van der Waals surface area contributed by atoms with Crippen LogP contribution in [0.15, 0.2) is 4.99 Å². The van der Waals surface area contributed by atoms with Crippen molar-refractivity contribution < 1.29 is 23.1 Å². The normalized spacial score (nSPS) is 32.8. The molecular weight excluding hydrogens is 347 g/mol. The Morgan fingerprint density at radius 1 is 1.08 bits per heavy atom. The van der Waals surface area contributed by atoms with Crippen molar-refractivity contribution in [3.05, 3.63) is 0 Å². The molecule has 0 aliphatic heterocycles. The van der Waals surface area contributed by atoms with Gasteiger partial charge in [0.2, 0.25) is 0 Å². The van der Waals surface area contributed by atoms with E-state index < -0.39 is 12.1 Å². The van der Waals surface area contributed by atoms with E-state index in [9.17, 15) is 13.2 Å². The molecule has 4 aliphatic rings. The van der Waals surface area contributed by atoms with Gasteiger partial charge in [-0.1, -0.05) is 0 Å². The van der Waals surface area contributed by atoms with Crippen LogP contribution in [0.1, 0.15) is 46.0 Å². The predicted octanol–water partition coefficient (Wildman–Crippen LogP) is 3.35. The number of hydrogen-bond acceptors (Lipinski definition) is 2. The molecule has 0 amide bonds. The van der Waals surface area contributed by atoms with Crippen molar-refractivity contribution in [1.29, 1.82) is 0 Å². The molecule has 0 aromatic heterocycles. The summed E-state index contributed by atoms with van der Waals surface area (Å²) in [5.41, 5.74) is 6.12. The van der Waals surface area contributed by atoms with Crippen LogP contribution in [0.3, 0.4) is 0 Å². The zero-order valence-electron chi connectivity index (χ0n) is 15.5. The molecule has 4 rings (SSSR count). The highest BCUT2D eigenvalue weighted by molar-refractivity contribution is 5.78. The first-order valence-electron chi connectivity index (χ1n) is 9.50. The summed E-state index contributed by atoms with van der Waals surface area (Å²) in [7, 11) is 0. The lowest BCUT2D eigenvalue weighted by Gasteiger charge is -2.54. The lowest BCUT2D eigenvalue weighted by atomic mass is 9.52. The Hall–Kier alpha value is -1.47. The summed E-state index contributed by atoms with van der Waals surface area (Å²) in [6, 6.07) is 0. The minimum atomic E-state index is -5.08. The van der Waals surface area contributed by atoms with Gasteiger partial charge in [-0.15, -0.1) is 0 Å². The first kappa shape index (κ1) is 20.8. The Balaban J connectivity index is 0.000000298. The van der Waals surface area contributed by atoms with Crippen molar-refractivity contribution in [3.63, 3.8) is 0 Å². The van der Waals surface area contributed by atoms with Crippen molar-refractivity contribution in [3.8, 4) is 0 Å². The molecule has 0 aromatic rings. The lowest BCUT2D eigenvalue weighted by Crippen LogP contribution is -2.46. The van der Waals surface area contributed by atoms with Gasteiger partial charge < -0.3 is 15.7 Å². The highest BCUT2D eigenvalue weighted by atomic mass is 19.4.